The maximum atomic E-state index is 9.34. The van der Waals surface area contributed by atoms with Crippen molar-refractivity contribution in [1.82, 2.24) is 9.55 Å². The van der Waals surface area contributed by atoms with Crippen LogP contribution in [0.25, 0.3) is 11.0 Å². The van der Waals surface area contributed by atoms with Crippen LogP contribution in [-0.2, 0) is 20.2 Å². The normalized spacial score (nSPS) is 10.6. The standard InChI is InChI=1S/C25H24N4O3/c1-29-20-11-7-10-19(14-26)23(20)28-25(29)27-15-18-12-21(30-2)24(22(13-18)31-3)32-16-17-8-5-4-6-9-17/h4-13H,15-16H2,1-3H3,(H,27,28). The summed E-state index contributed by atoms with van der Waals surface area (Å²) in [5.74, 6) is 2.41. The highest BCUT2D eigenvalue weighted by atomic mass is 16.5. The van der Waals surface area contributed by atoms with Gasteiger partial charge in [0.2, 0.25) is 11.7 Å². The predicted molar refractivity (Wildman–Crippen MR) is 123 cm³/mol. The van der Waals surface area contributed by atoms with E-state index >= 15 is 0 Å². The number of nitriles is 1. The van der Waals surface area contributed by atoms with Crippen LogP contribution in [0.4, 0.5) is 5.95 Å². The third kappa shape index (κ3) is 4.16. The molecule has 32 heavy (non-hydrogen) atoms. The summed E-state index contributed by atoms with van der Waals surface area (Å²) in [6.07, 6.45) is 0. The van der Waals surface area contributed by atoms with Crippen LogP contribution in [0.15, 0.2) is 60.7 Å². The van der Waals surface area contributed by atoms with E-state index in [1.165, 1.54) is 0 Å². The SMILES string of the molecule is COc1cc(CNc2nc3c(C#N)cccc3n2C)cc(OC)c1OCc1ccccc1. The third-order valence-corrected chi connectivity index (χ3v) is 5.23. The highest BCUT2D eigenvalue weighted by Crippen LogP contribution is 2.39. The van der Waals surface area contributed by atoms with E-state index in [-0.39, 0.29) is 0 Å². The number of aryl methyl sites for hydroxylation is 1. The van der Waals surface area contributed by atoms with Gasteiger partial charge in [0.05, 0.1) is 25.3 Å². The van der Waals surface area contributed by atoms with Crippen LogP contribution in [0.3, 0.4) is 0 Å². The number of para-hydroxylation sites is 1. The maximum Gasteiger partial charge on any atom is 0.203 e. The Morgan fingerprint density at radius 3 is 2.34 bits per heavy atom. The summed E-state index contributed by atoms with van der Waals surface area (Å²) in [7, 11) is 5.13. The van der Waals surface area contributed by atoms with E-state index in [0.717, 1.165) is 16.6 Å². The minimum absolute atomic E-state index is 0.409. The quantitative estimate of drug-likeness (QED) is 0.440. The topological polar surface area (TPSA) is 81.3 Å². The van der Waals surface area contributed by atoms with Gasteiger partial charge in [0.15, 0.2) is 11.5 Å². The number of ether oxygens (including phenoxy) is 3. The molecule has 0 amide bonds. The van der Waals surface area contributed by atoms with E-state index in [9.17, 15) is 5.26 Å². The molecular formula is C25H24N4O3. The van der Waals surface area contributed by atoms with Crippen LogP contribution < -0.4 is 19.5 Å². The maximum absolute atomic E-state index is 9.34. The zero-order valence-electron chi connectivity index (χ0n) is 18.3. The number of rotatable bonds is 8. The highest BCUT2D eigenvalue weighted by Gasteiger charge is 2.16. The largest absolute Gasteiger partial charge is 0.493 e. The molecule has 1 heterocycles. The number of fused-ring (bicyclic) bond motifs is 1. The summed E-state index contributed by atoms with van der Waals surface area (Å²) < 4.78 is 19.1. The molecule has 0 atom stereocenters. The first kappa shape index (κ1) is 21.1. The summed E-state index contributed by atoms with van der Waals surface area (Å²) in [6, 6.07) is 21.5. The molecule has 1 N–H and O–H groups in total. The molecule has 0 unspecified atom stereocenters. The van der Waals surface area contributed by atoms with Gasteiger partial charge in [-0.25, -0.2) is 4.98 Å². The van der Waals surface area contributed by atoms with Gasteiger partial charge in [0.1, 0.15) is 18.2 Å². The fourth-order valence-corrected chi connectivity index (χ4v) is 3.55. The zero-order chi connectivity index (χ0) is 22.5. The van der Waals surface area contributed by atoms with E-state index in [2.05, 4.69) is 16.4 Å². The first-order valence-electron chi connectivity index (χ1n) is 10.2. The molecule has 0 aliphatic rings. The van der Waals surface area contributed by atoms with Gasteiger partial charge in [-0.15, -0.1) is 0 Å². The summed E-state index contributed by atoms with van der Waals surface area (Å²) >= 11 is 0. The second-order valence-corrected chi connectivity index (χ2v) is 7.24. The molecule has 7 nitrogen and oxygen atoms in total. The van der Waals surface area contributed by atoms with Gasteiger partial charge in [0.25, 0.3) is 0 Å². The van der Waals surface area contributed by atoms with Crippen molar-refractivity contribution in [2.24, 2.45) is 7.05 Å². The number of benzene rings is 3. The Morgan fingerprint density at radius 1 is 0.969 bits per heavy atom. The van der Waals surface area contributed by atoms with Crippen molar-refractivity contribution in [1.29, 1.82) is 5.26 Å². The molecule has 0 aliphatic carbocycles. The first-order chi connectivity index (χ1) is 15.6. The molecule has 0 saturated carbocycles. The Hall–Kier alpha value is -4.18. The van der Waals surface area contributed by atoms with Crippen LogP contribution in [0.1, 0.15) is 16.7 Å². The molecule has 0 saturated heterocycles. The van der Waals surface area contributed by atoms with Crippen LogP contribution in [0.5, 0.6) is 17.2 Å². The van der Waals surface area contributed by atoms with Crippen molar-refractivity contribution in [2.75, 3.05) is 19.5 Å². The number of imidazole rings is 1. The second kappa shape index (κ2) is 9.31. The molecule has 0 radical (unpaired) electrons. The van der Waals surface area contributed by atoms with Crippen LogP contribution >= 0.6 is 0 Å². The summed E-state index contributed by atoms with van der Waals surface area (Å²) in [5.41, 5.74) is 4.12. The molecule has 1 aromatic heterocycles. The van der Waals surface area contributed by atoms with E-state index in [1.807, 2.05) is 66.2 Å². The van der Waals surface area contributed by atoms with E-state index < -0.39 is 0 Å². The van der Waals surface area contributed by atoms with Crippen LogP contribution in [0, 0.1) is 11.3 Å². The molecule has 0 bridgehead atoms. The summed E-state index contributed by atoms with van der Waals surface area (Å²) in [6.45, 7) is 0.900. The summed E-state index contributed by atoms with van der Waals surface area (Å²) in [5, 5.41) is 12.7. The Morgan fingerprint density at radius 2 is 1.69 bits per heavy atom. The van der Waals surface area contributed by atoms with Gasteiger partial charge in [0, 0.05) is 13.6 Å². The lowest BCUT2D eigenvalue weighted by atomic mass is 10.1. The number of hydrogen-bond donors (Lipinski definition) is 1. The van der Waals surface area contributed by atoms with E-state index in [4.69, 9.17) is 14.2 Å². The molecule has 4 rings (SSSR count). The van der Waals surface area contributed by atoms with E-state index in [0.29, 0.717) is 47.4 Å². The van der Waals surface area contributed by atoms with Crippen molar-refractivity contribution in [2.45, 2.75) is 13.2 Å². The minimum Gasteiger partial charge on any atom is -0.493 e. The smallest absolute Gasteiger partial charge is 0.203 e. The van der Waals surface area contributed by atoms with Crippen molar-refractivity contribution < 1.29 is 14.2 Å². The van der Waals surface area contributed by atoms with E-state index in [1.54, 1.807) is 20.3 Å². The van der Waals surface area contributed by atoms with Crippen molar-refractivity contribution in [3.05, 3.63) is 77.4 Å². The Balaban J connectivity index is 1.56. The monoisotopic (exact) mass is 428 g/mol. The zero-order valence-corrected chi connectivity index (χ0v) is 18.3. The number of nitrogens with zero attached hydrogens (tertiary/aromatic N) is 3. The lowest BCUT2D eigenvalue weighted by Crippen LogP contribution is -2.06. The lowest BCUT2D eigenvalue weighted by Gasteiger charge is -2.16. The van der Waals surface area contributed by atoms with Gasteiger partial charge in [-0.3, -0.25) is 0 Å². The predicted octanol–water partition coefficient (Wildman–Crippen LogP) is 4.65. The number of aromatic nitrogens is 2. The van der Waals surface area contributed by atoms with Crippen molar-refractivity contribution in [3.63, 3.8) is 0 Å². The molecule has 3 aromatic carbocycles. The Kier molecular flexibility index (Phi) is 6.13. The molecular weight excluding hydrogens is 404 g/mol. The molecule has 162 valence electrons. The highest BCUT2D eigenvalue weighted by molar-refractivity contribution is 5.84. The average Bonchev–Trinajstić information content (AvgIpc) is 3.17. The van der Waals surface area contributed by atoms with Crippen molar-refractivity contribution in [3.8, 4) is 23.3 Å². The van der Waals surface area contributed by atoms with Gasteiger partial charge in [-0.05, 0) is 35.4 Å². The van der Waals surface area contributed by atoms with Gasteiger partial charge >= 0.3 is 0 Å². The number of anilines is 1. The fraction of sp³-hybridized carbons (Fsp3) is 0.200. The second-order valence-electron chi connectivity index (χ2n) is 7.24. The number of methoxy groups -OCH3 is 2. The van der Waals surface area contributed by atoms with Crippen molar-refractivity contribution >= 4 is 17.0 Å². The lowest BCUT2D eigenvalue weighted by molar-refractivity contribution is 0.265. The third-order valence-electron chi connectivity index (χ3n) is 5.23. The number of nitrogens with one attached hydrogen (secondary N) is 1. The molecule has 0 spiro atoms. The minimum atomic E-state index is 0.409. The van der Waals surface area contributed by atoms with Gasteiger partial charge < -0.3 is 24.1 Å². The number of hydrogen-bond acceptors (Lipinski definition) is 6. The molecule has 0 fully saturated rings. The molecule has 4 aromatic rings. The Bertz CT molecular complexity index is 1250. The van der Waals surface area contributed by atoms with Gasteiger partial charge in [-0.1, -0.05) is 36.4 Å². The average molecular weight is 428 g/mol. The molecule has 7 heteroatoms. The Labute approximate surface area is 186 Å². The van der Waals surface area contributed by atoms with Crippen LogP contribution in [0.2, 0.25) is 0 Å². The molecule has 0 aliphatic heterocycles. The van der Waals surface area contributed by atoms with Crippen LogP contribution in [-0.4, -0.2) is 23.8 Å². The summed E-state index contributed by atoms with van der Waals surface area (Å²) in [4.78, 5) is 4.61. The van der Waals surface area contributed by atoms with Gasteiger partial charge in [-0.2, -0.15) is 5.26 Å². The first-order valence-corrected chi connectivity index (χ1v) is 10.2. The fourth-order valence-electron chi connectivity index (χ4n) is 3.55.